The van der Waals surface area contributed by atoms with Crippen molar-refractivity contribution in [1.29, 1.82) is 0 Å². The summed E-state index contributed by atoms with van der Waals surface area (Å²) in [4.78, 5) is 2.38. The normalized spacial score (nSPS) is 21.4. The highest BCUT2D eigenvalue weighted by atomic mass is 16.5. The molecule has 1 heterocycles. The van der Waals surface area contributed by atoms with Crippen molar-refractivity contribution in [3.8, 4) is 5.75 Å². The summed E-state index contributed by atoms with van der Waals surface area (Å²) in [6.07, 6.45) is 1.20. The fraction of sp³-hybridized carbons (Fsp3) is 0.357. The lowest BCUT2D eigenvalue weighted by Gasteiger charge is -2.43. The molecule has 4 rings (SSSR count). The van der Waals surface area contributed by atoms with Crippen molar-refractivity contribution >= 4 is 0 Å². The number of likely N-dealkylation sites (tertiary alicyclic amines) is 1. The Bertz CT molecular complexity index is 930. The Morgan fingerprint density at radius 3 is 2.19 bits per heavy atom. The van der Waals surface area contributed by atoms with Crippen LogP contribution in [0.5, 0.6) is 5.75 Å². The summed E-state index contributed by atoms with van der Waals surface area (Å²) < 4.78 is 11.8. The second-order valence-corrected chi connectivity index (χ2v) is 8.40. The third kappa shape index (κ3) is 5.98. The molecule has 4 nitrogen and oxygen atoms in total. The average Bonchev–Trinajstić information content (AvgIpc) is 2.83. The predicted molar refractivity (Wildman–Crippen MR) is 128 cm³/mol. The number of ether oxygens (including phenoxy) is 2. The maximum Gasteiger partial charge on any atom is 0.119 e. The molecule has 0 spiro atoms. The molecule has 1 aliphatic rings. The van der Waals surface area contributed by atoms with Crippen molar-refractivity contribution in [2.75, 3.05) is 19.7 Å². The van der Waals surface area contributed by atoms with Gasteiger partial charge >= 0.3 is 0 Å². The first-order valence-corrected chi connectivity index (χ1v) is 11.6. The van der Waals surface area contributed by atoms with Crippen LogP contribution in [0, 0.1) is 0 Å². The Morgan fingerprint density at radius 2 is 1.53 bits per heavy atom. The second kappa shape index (κ2) is 11.3. The van der Waals surface area contributed by atoms with Gasteiger partial charge in [-0.3, -0.25) is 4.90 Å². The van der Waals surface area contributed by atoms with Gasteiger partial charge in [0.05, 0.1) is 18.2 Å². The van der Waals surface area contributed by atoms with Crippen LogP contribution in [-0.4, -0.2) is 41.9 Å². The van der Waals surface area contributed by atoms with Gasteiger partial charge < -0.3 is 14.6 Å². The topological polar surface area (TPSA) is 41.9 Å². The molecule has 1 saturated heterocycles. The molecule has 1 aliphatic heterocycles. The lowest BCUT2D eigenvalue weighted by molar-refractivity contribution is -0.0761. The van der Waals surface area contributed by atoms with Crippen LogP contribution in [0.15, 0.2) is 84.9 Å². The zero-order chi connectivity index (χ0) is 22.2. The molecule has 32 heavy (non-hydrogen) atoms. The van der Waals surface area contributed by atoms with E-state index < -0.39 is 6.10 Å². The molecular formula is C28H33NO3. The van der Waals surface area contributed by atoms with Crippen molar-refractivity contribution in [1.82, 2.24) is 4.90 Å². The van der Waals surface area contributed by atoms with E-state index in [0.717, 1.165) is 36.4 Å². The molecule has 3 aromatic carbocycles. The number of hydrogen-bond donors (Lipinski definition) is 1. The summed E-state index contributed by atoms with van der Waals surface area (Å²) in [7, 11) is 0. The molecule has 3 aromatic rings. The smallest absolute Gasteiger partial charge is 0.119 e. The number of hydrogen-bond acceptors (Lipinski definition) is 4. The zero-order valence-corrected chi connectivity index (χ0v) is 18.8. The molecule has 0 saturated carbocycles. The Balaban J connectivity index is 1.45. The van der Waals surface area contributed by atoms with E-state index in [2.05, 4.69) is 53.4 Å². The molecule has 168 valence electrons. The molecule has 0 radical (unpaired) electrons. The van der Waals surface area contributed by atoms with Gasteiger partial charge in [-0.05, 0) is 42.2 Å². The molecule has 3 atom stereocenters. The maximum absolute atomic E-state index is 11.1. The molecular weight excluding hydrogens is 398 g/mol. The molecule has 4 heteroatoms. The number of nitrogens with zero attached hydrogens (tertiary/aromatic N) is 1. The van der Waals surface area contributed by atoms with Crippen LogP contribution in [0.25, 0.3) is 0 Å². The first kappa shape index (κ1) is 22.5. The van der Waals surface area contributed by atoms with Gasteiger partial charge in [0, 0.05) is 26.1 Å². The van der Waals surface area contributed by atoms with Crippen LogP contribution in [0.4, 0.5) is 0 Å². The summed E-state index contributed by atoms with van der Waals surface area (Å²) in [5.74, 6) is 0.839. The van der Waals surface area contributed by atoms with Crippen molar-refractivity contribution in [2.24, 2.45) is 0 Å². The number of aliphatic hydroxyl groups is 1. The lowest BCUT2D eigenvalue weighted by Crippen LogP contribution is -2.49. The first-order chi connectivity index (χ1) is 15.7. The minimum atomic E-state index is -0.466. The summed E-state index contributed by atoms with van der Waals surface area (Å²) in [5, 5.41) is 11.1. The predicted octanol–water partition coefficient (Wildman–Crippen LogP) is 5.02. The average molecular weight is 432 g/mol. The lowest BCUT2D eigenvalue weighted by atomic mass is 9.90. The van der Waals surface area contributed by atoms with Gasteiger partial charge in [-0.2, -0.15) is 0 Å². The number of rotatable bonds is 9. The van der Waals surface area contributed by atoms with E-state index in [1.807, 2.05) is 43.3 Å². The monoisotopic (exact) mass is 431 g/mol. The molecule has 0 aromatic heterocycles. The van der Waals surface area contributed by atoms with Gasteiger partial charge in [-0.15, -0.1) is 0 Å². The van der Waals surface area contributed by atoms with Crippen LogP contribution >= 0.6 is 0 Å². The highest BCUT2D eigenvalue weighted by Gasteiger charge is 2.36. The minimum absolute atomic E-state index is 0.0430. The zero-order valence-electron chi connectivity index (χ0n) is 18.8. The quantitative estimate of drug-likeness (QED) is 0.517. The van der Waals surface area contributed by atoms with Crippen LogP contribution < -0.4 is 4.74 Å². The standard InChI is InChI=1S/C28H33NO3/c1-2-31-26-19-27(30)28(29(20-26)18-17-22-9-5-3-6-10-22)24-13-15-25(16-14-24)32-21-23-11-7-4-8-12-23/h3-16,26-28,30H,2,17-21H2,1H3/t26-,27?,28+/m0/s1. The largest absolute Gasteiger partial charge is 0.489 e. The Labute approximate surface area is 191 Å². The fourth-order valence-corrected chi connectivity index (χ4v) is 4.53. The molecule has 0 amide bonds. The van der Waals surface area contributed by atoms with Gasteiger partial charge in [0.2, 0.25) is 0 Å². The molecule has 1 fully saturated rings. The van der Waals surface area contributed by atoms with E-state index in [9.17, 15) is 5.11 Å². The molecule has 0 bridgehead atoms. The number of aliphatic hydroxyl groups excluding tert-OH is 1. The van der Waals surface area contributed by atoms with Crippen LogP contribution in [0.2, 0.25) is 0 Å². The Kier molecular flexibility index (Phi) is 7.94. The number of benzene rings is 3. The fourth-order valence-electron chi connectivity index (χ4n) is 4.53. The van der Waals surface area contributed by atoms with Gasteiger partial charge in [0.15, 0.2) is 0 Å². The van der Waals surface area contributed by atoms with E-state index >= 15 is 0 Å². The molecule has 1 N–H and O–H groups in total. The van der Waals surface area contributed by atoms with E-state index in [1.54, 1.807) is 0 Å². The summed E-state index contributed by atoms with van der Waals surface area (Å²) >= 11 is 0. The molecule has 0 aliphatic carbocycles. The third-order valence-electron chi connectivity index (χ3n) is 6.10. The summed E-state index contributed by atoms with van der Waals surface area (Å²) in [5.41, 5.74) is 3.57. The van der Waals surface area contributed by atoms with Crippen molar-refractivity contribution < 1.29 is 14.6 Å². The number of piperidine rings is 1. The van der Waals surface area contributed by atoms with Crippen LogP contribution in [0.1, 0.15) is 36.1 Å². The third-order valence-corrected chi connectivity index (χ3v) is 6.10. The molecule has 1 unspecified atom stereocenters. The van der Waals surface area contributed by atoms with Gasteiger partial charge in [0.1, 0.15) is 12.4 Å². The van der Waals surface area contributed by atoms with Crippen LogP contribution in [-0.2, 0) is 17.8 Å². The van der Waals surface area contributed by atoms with Crippen LogP contribution in [0.3, 0.4) is 0 Å². The van der Waals surface area contributed by atoms with E-state index in [0.29, 0.717) is 19.6 Å². The second-order valence-electron chi connectivity index (χ2n) is 8.40. The van der Waals surface area contributed by atoms with Gasteiger partial charge in [-0.1, -0.05) is 72.8 Å². The highest BCUT2D eigenvalue weighted by molar-refractivity contribution is 5.31. The van der Waals surface area contributed by atoms with E-state index in [4.69, 9.17) is 9.47 Å². The van der Waals surface area contributed by atoms with E-state index in [1.165, 1.54) is 5.56 Å². The van der Waals surface area contributed by atoms with Crippen molar-refractivity contribution in [3.05, 3.63) is 102 Å². The van der Waals surface area contributed by atoms with Crippen molar-refractivity contribution in [3.63, 3.8) is 0 Å². The Morgan fingerprint density at radius 1 is 0.875 bits per heavy atom. The summed E-state index contributed by atoms with van der Waals surface area (Å²) in [6.45, 7) is 4.94. The van der Waals surface area contributed by atoms with Gasteiger partial charge in [0.25, 0.3) is 0 Å². The Hall–Kier alpha value is -2.66. The van der Waals surface area contributed by atoms with Gasteiger partial charge in [-0.25, -0.2) is 0 Å². The summed E-state index contributed by atoms with van der Waals surface area (Å²) in [6, 6.07) is 28.8. The van der Waals surface area contributed by atoms with E-state index in [-0.39, 0.29) is 12.1 Å². The first-order valence-electron chi connectivity index (χ1n) is 11.6. The SMILES string of the molecule is CCO[C@H]1CC(O)[C@@H](c2ccc(OCc3ccccc3)cc2)N(CCc2ccccc2)C1. The van der Waals surface area contributed by atoms with Crippen molar-refractivity contribution in [2.45, 2.75) is 44.6 Å². The highest BCUT2D eigenvalue weighted by Crippen LogP contribution is 2.33. The minimum Gasteiger partial charge on any atom is -0.489 e. The maximum atomic E-state index is 11.1.